The highest BCUT2D eigenvalue weighted by molar-refractivity contribution is 6.12. The summed E-state index contributed by atoms with van der Waals surface area (Å²) in [6, 6.07) is 15.2. The minimum atomic E-state index is -1.38. The number of fused-ring (bicyclic) bond motifs is 4. The van der Waals surface area contributed by atoms with Crippen LogP contribution < -0.4 is 21.1 Å². The topological polar surface area (TPSA) is 172 Å². The molecule has 0 aliphatic carbocycles. The number of anilines is 2. The van der Waals surface area contributed by atoms with Crippen molar-refractivity contribution in [1.82, 2.24) is 20.3 Å². The highest BCUT2D eigenvalue weighted by Gasteiger charge is 2.27. The van der Waals surface area contributed by atoms with Crippen molar-refractivity contribution in [2.45, 2.75) is 20.0 Å². The van der Waals surface area contributed by atoms with E-state index in [1.807, 2.05) is 6.92 Å². The number of H-pyrrole nitrogens is 1. The van der Waals surface area contributed by atoms with Crippen molar-refractivity contribution in [3.8, 4) is 28.0 Å². The second kappa shape index (κ2) is 10.9. The van der Waals surface area contributed by atoms with Gasteiger partial charge in [-0.2, -0.15) is 0 Å². The largest absolute Gasteiger partial charge is 0.488 e. The van der Waals surface area contributed by atoms with Crippen molar-refractivity contribution in [1.29, 1.82) is 0 Å². The molecule has 5 aromatic rings. The van der Waals surface area contributed by atoms with E-state index in [2.05, 4.69) is 25.6 Å². The Balaban J connectivity index is 1.50. The summed E-state index contributed by atoms with van der Waals surface area (Å²) in [7, 11) is 0. The Morgan fingerprint density at radius 1 is 0.977 bits per heavy atom. The first-order valence-electron chi connectivity index (χ1n) is 13.4. The number of halogens is 1. The predicted molar refractivity (Wildman–Crippen MR) is 157 cm³/mol. The SMILES string of the molecule is CCCNC(=O)c1ccc(-c2cc3c(cc2C(=O)Nc2ccc4nc(N)[nH]c4c2)-c2cc(F)ccc2OC3)c(C(=O)O)n1. The van der Waals surface area contributed by atoms with E-state index in [-0.39, 0.29) is 34.9 Å². The third-order valence-corrected chi connectivity index (χ3v) is 7.02. The van der Waals surface area contributed by atoms with Gasteiger partial charge >= 0.3 is 5.97 Å². The summed E-state index contributed by atoms with van der Waals surface area (Å²) in [5.41, 5.74) is 9.03. The summed E-state index contributed by atoms with van der Waals surface area (Å²) in [6.45, 7) is 2.40. The zero-order valence-corrected chi connectivity index (χ0v) is 22.8. The number of amides is 2. The number of ether oxygens (including phenoxy) is 1. The molecule has 0 saturated carbocycles. The minimum absolute atomic E-state index is 0.0709. The number of aromatic nitrogens is 3. The van der Waals surface area contributed by atoms with E-state index in [4.69, 9.17) is 10.5 Å². The Labute approximate surface area is 243 Å². The smallest absolute Gasteiger partial charge is 0.355 e. The van der Waals surface area contributed by atoms with Gasteiger partial charge in [0.2, 0.25) is 0 Å². The van der Waals surface area contributed by atoms with Crippen LogP contribution >= 0.6 is 0 Å². The fraction of sp³-hybridized carbons (Fsp3) is 0.129. The van der Waals surface area contributed by atoms with Crippen molar-refractivity contribution < 1.29 is 28.6 Å². The number of rotatable bonds is 7. The van der Waals surface area contributed by atoms with Crippen LogP contribution in [0.1, 0.15) is 50.2 Å². The minimum Gasteiger partial charge on any atom is -0.488 e. The van der Waals surface area contributed by atoms with E-state index in [9.17, 15) is 23.9 Å². The number of pyridine rings is 1. The van der Waals surface area contributed by atoms with E-state index in [0.717, 1.165) is 0 Å². The molecule has 43 heavy (non-hydrogen) atoms. The summed E-state index contributed by atoms with van der Waals surface area (Å²) >= 11 is 0. The highest BCUT2D eigenvalue weighted by Crippen LogP contribution is 2.41. The molecule has 6 rings (SSSR count). The molecule has 1 aliphatic heterocycles. The fourth-order valence-corrected chi connectivity index (χ4v) is 5.02. The summed E-state index contributed by atoms with van der Waals surface area (Å²) < 4.78 is 20.1. The lowest BCUT2D eigenvalue weighted by Crippen LogP contribution is -2.25. The number of imidazole rings is 1. The van der Waals surface area contributed by atoms with Crippen LogP contribution in [0.4, 0.5) is 16.0 Å². The van der Waals surface area contributed by atoms with Gasteiger partial charge in [0, 0.05) is 28.9 Å². The van der Waals surface area contributed by atoms with E-state index < -0.39 is 29.3 Å². The molecule has 0 atom stereocenters. The number of nitrogens with two attached hydrogens (primary N) is 1. The number of nitrogens with one attached hydrogen (secondary N) is 3. The standard InChI is InChI=1S/C31H25FN6O5/c1-2-9-34-29(40)24-7-5-18(27(36-24)30(41)42)20-10-15-14-43-26-8-3-16(32)11-21(26)19(15)13-22(20)28(39)35-17-4-6-23-25(12-17)38-31(33)37-23/h3-8,10-13H,2,9,14H2,1H3,(H,34,40)(H,35,39)(H,41,42)(H3,33,37,38). The Morgan fingerprint density at radius 2 is 1.81 bits per heavy atom. The number of aromatic amines is 1. The van der Waals surface area contributed by atoms with E-state index in [1.54, 1.807) is 30.3 Å². The quantitative estimate of drug-likeness (QED) is 0.179. The molecule has 3 aromatic carbocycles. The molecular formula is C31H25FN6O5. The van der Waals surface area contributed by atoms with Crippen molar-refractivity contribution in [3.63, 3.8) is 0 Å². The van der Waals surface area contributed by atoms with Crippen LogP contribution in [0, 0.1) is 5.82 Å². The van der Waals surface area contributed by atoms with E-state index in [1.165, 1.54) is 30.3 Å². The fourth-order valence-electron chi connectivity index (χ4n) is 5.02. The van der Waals surface area contributed by atoms with Gasteiger partial charge in [-0.05, 0) is 83.8 Å². The number of aromatic carboxylic acids is 1. The van der Waals surface area contributed by atoms with Gasteiger partial charge in [0.15, 0.2) is 11.6 Å². The molecule has 2 amide bonds. The van der Waals surface area contributed by atoms with Crippen molar-refractivity contribution >= 4 is 40.5 Å². The summed E-state index contributed by atoms with van der Waals surface area (Å²) in [5, 5.41) is 15.6. The summed E-state index contributed by atoms with van der Waals surface area (Å²) in [5.74, 6) is -2.26. The lowest BCUT2D eigenvalue weighted by molar-refractivity contribution is 0.0691. The van der Waals surface area contributed by atoms with Gasteiger partial charge in [-0.3, -0.25) is 9.59 Å². The maximum absolute atomic E-state index is 14.3. The summed E-state index contributed by atoms with van der Waals surface area (Å²) in [6.07, 6.45) is 0.693. The molecule has 3 heterocycles. The zero-order valence-electron chi connectivity index (χ0n) is 22.8. The van der Waals surface area contributed by atoms with Crippen LogP contribution in [0.3, 0.4) is 0 Å². The van der Waals surface area contributed by atoms with Crippen LogP contribution in [-0.2, 0) is 6.61 Å². The third-order valence-electron chi connectivity index (χ3n) is 7.02. The molecule has 0 spiro atoms. The number of hydrogen-bond acceptors (Lipinski definition) is 7. The number of carbonyl (C=O) groups excluding carboxylic acids is 2. The molecule has 216 valence electrons. The van der Waals surface area contributed by atoms with Crippen LogP contribution in [0.2, 0.25) is 0 Å². The Hall–Kier alpha value is -5.78. The molecule has 0 radical (unpaired) electrons. The van der Waals surface area contributed by atoms with Crippen molar-refractivity contribution in [2.75, 3.05) is 17.6 Å². The van der Waals surface area contributed by atoms with Crippen LogP contribution in [0.5, 0.6) is 5.75 Å². The normalized spacial score (nSPS) is 11.8. The lowest BCUT2D eigenvalue weighted by Gasteiger charge is -2.23. The number of nitrogen functional groups attached to an aromatic ring is 1. The van der Waals surface area contributed by atoms with Crippen molar-refractivity contribution in [2.24, 2.45) is 0 Å². The Bertz CT molecular complexity index is 1950. The number of carbonyl (C=O) groups is 3. The molecule has 1 aliphatic rings. The lowest BCUT2D eigenvalue weighted by atomic mass is 9.88. The van der Waals surface area contributed by atoms with Gasteiger partial charge in [-0.25, -0.2) is 19.2 Å². The molecule has 0 fully saturated rings. The monoisotopic (exact) mass is 580 g/mol. The van der Waals surface area contributed by atoms with Gasteiger partial charge in [-0.15, -0.1) is 0 Å². The van der Waals surface area contributed by atoms with E-state index >= 15 is 0 Å². The van der Waals surface area contributed by atoms with E-state index in [0.29, 0.717) is 52.1 Å². The van der Waals surface area contributed by atoms with Gasteiger partial charge in [0.25, 0.3) is 11.8 Å². The first-order chi connectivity index (χ1) is 20.7. The molecule has 6 N–H and O–H groups in total. The van der Waals surface area contributed by atoms with Gasteiger partial charge in [0.05, 0.1) is 11.0 Å². The Kier molecular flexibility index (Phi) is 6.94. The van der Waals surface area contributed by atoms with Crippen LogP contribution in [0.15, 0.2) is 60.7 Å². The molecule has 12 heteroatoms. The number of carboxylic acid groups (broad SMARTS) is 1. The average Bonchev–Trinajstić information content (AvgIpc) is 3.37. The first kappa shape index (κ1) is 27.4. The molecular weight excluding hydrogens is 555 g/mol. The Morgan fingerprint density at radius 3 is 2.60 bits per heavy atom. The second-order valence-corrected chi connectivity index (χ2v) is 9.95. The number of benzene rings is 3. The number of nitrogens with zero attached hydrogens (tertiary/aromatic N) is 2. The maximum atomic E-state index is 14.3. The predicted octanol–water partition coefficient (Wildman–Crippen LogP) is 5.00. The van der Waals surface area contributed by atoms with Gasteiger partial charge < -0.3 is 31.2 Å². The molecule has 0 unspecified atom stereocenters. The highest BCUT2D eigenvalue weighted by atomic mass is 19.1. The van der Waals surface area contributed by atoms with Crippen LogP contribution in [0.25, 0.3) is 33.3 Å². The van der Waals surface area contributed by atoms with Crippen molar-refractivity contribution in [3.05, 3.63) is 89.0 Å². The molecule has 0 bridgehead atoms. The third kappa shape index (κ3) is 5.21. The second-order valence-electron chi connectivity index (χ2n) is 9.95. The zero-order chi connectivity index (χ0) is 30.2. The molecule has 2 aromatic heterocycles. The molecule has 0 saturated heterocycles. The first-order valence-corrected chi connectivity index (χ1v) is 13.4. The molecule has 11 nitrogen and oxygen atoms in total. The number of hydrogen-bond donors (Lipinski definition) is 5. The van der Waals surface area contributed by atoms with Gasteiger partial charge in [0.1, 0.15) is 23.9 Å². The summed E-state index contributed by atoms with van der Waals surface area (Å²) in [4.78, 5) is 50.0. The maximum Gasteiger partial charge on any atom is 0.355 e. The van der Waals surface area contributed by atoms with Crippen LogP contribution in [-0.4, -0.2) is 44.4 Å². The number of carboxylic acids is 1. The van der Waals surface area contributed by atoms with Gasteiger partial charge in [-0.1, -0.05) is 6.92 Å². The average molecular weight is 581 g/mol.